The van der Waals surface area contributed by atoms with Gasteiger partial charge in [-0.15, -0.1) is 0 Å². The molecule has 2 aromatic heterocycles. The number of aromatic nitrogens is 3. The SMILES string of the molecule is NCc1cccnc1N1CCn2ccnc2C1. The van der Waals surface area contributed by atoms with E-state index >= 15 is 0 Å². The van der Waals surface area contributed by atoms with E-state index in [2.05, 4.69) is 19.4 Å². The normalized spacial score (nSPS) is 14.8. The molecule has 5 nitrogen and oxygen atoms in total. The second kappa shape index (κ2) is 4.18. The molecule has 0 fully saturated rings. The number of imidazole rings is 1. The molecule has 0 unspecified atom stereocenters. The Kier molecular flexibility index (Phi) is 2.53. The van der Waals surface area contributed by atoms with Crippen LogP contribution in [0.3, 0.4) is 0 Å². The topological polar surface area (TPSA) is 60.0 Å². The van der Waals surface area contributed by atoms with Crippen molar-refractivity contribution in [3.8, 4) is 0 Å². The molecule has 0 aromatic carbocycles. The number of hydrogen-bond donors (Lipinski definition) is 1. The van der Waals surface area contributed by atoms with Crippen molar-refractivity contribution < 1.29 is 0 Å². The molecular weight excluding hydrogens is 214 g/mol. The van der Waals surface area contributed by atoms with Gasteiger partial charge in [-0.25, -0.2) is 9.97 Å². The molecule has 0 bridgehead atoms. The third-order valence-corrected chi connectivity index (χ3v) is 3.13. The number of anilines is 1. The third kappa shape index (κ3) is 1.78. The predicted molar refractivity (Wildman–Crippen MR) is 65.4 cm³/mol. The summed E-state index contributed by atoms with van der Waals surface area (Å²) in [5.41, 5.74) is 6.83. The lowest BCUT2D eigenvalue weighted by Crippen LogP contribution is -2.35. The third-order valence-electron chi connectivity index (χ3n) is 3.13. The molecular formula is C12H15N5. The van der Waals surface area contributed by atoms with Gasteiger partial charge in [-0.3, -0.25) is 0 Å². The van der Waals surface area contributed by atoms with E-state index in [0.29, 0.717) is 6.54 Å². The monoisotopic (exact) mass is 229 g/mol. The van der Waals surface area contributed by atoms with Gasteiger partial charge >= 0.3 is 0 Å². The number of rotatable bonds is 2. The van der Waals surface area contributed by atoms with E-state index in [0.717, 1.165) is 36.8 Å². The molecule has 17 heavy (non-hydrogen) atoms. The Bertz CT molecular complexity index is 519. The highest BCUT2D eigenvalue weighted by Crippen LogP contribution is 2.21. The van der Waals surface area contributed by atoms with Gasteiger partial charge in [-0.2, -0.15) is 0 Å². The maximum Gasteiger partial charge on any atom is 0.133 e. The van der Waals surface area contributed by atoms with Gasteiger partial charge in [0.05, 0.1) is 6.54 Å². The summed E-state index contributed by atoms with van der Waals surface area (Å²) in [6.07, 6.45) is 5.69. The van der Waals surface area contributed by atoms with E-state index in [1.165, 1.54) is 0 Å². The van der Waals surface area contributed by atoms with E-state index in [1.807, 2.05) is 30.7 Å². The molecule has 0 amide bonds. The van der Waals surface area contributed by atoms with Crippen LogP contribution in [0.2, 0.25) is 0 Å². The van der Waals surface area contributed by atoms with Gasteiger partial charge < -0.3 is 15.2 Å². The lowest BCUT2D eigenvalue weighted by Gasteiger charge is -2.29. The van der Waals surface area contributed by atoms with Crippen LogP contribution in [-0.2, 0) is 19.6 Å². The predicted octanol–water partition coefficient (Wildman–Crippen LogP) is 0.757. The van der Waals surface area contributed by atoms with Crippen molar-refractivity contribution in [1.29, 1.82) is 0 Å². The minimum atomic E-state index is 0.522. The highest BCUT2D eigenvalue weighted by molar-refractivity contribution is 5.47. The molecule has 2 aromatic rings. The first-order chi connectivity index (χ1) is 8.38. The van der Waals surface area contributed by atoms with Crippen molar-refractivity contribution in [3.63, 3.8) is 0 Å². The van der Waals surface area contributed by atoms with Crippen LogP contribution < -0.4 is 10.6 Å². The average Bonchev–Trinajstić information content (AvgIpc) is 2.85. The van der Waals surface area contributed by atoms with Gasteiger partial charge in [0.25, 0.3) is 0 Å². The Morgan fingerprint density at radius 3 is 3.06 bits per heavy atom. The van der Waals surface area contributed by atoms with E-state index in [1.54, 1.807) is 0 Å². The first kappa shape index (κ1) is 10.3. The van der Waals surface area contributed by atoms with Crippen LogP contribution in [0, 0.1) is 0 Å². The van der Waals surface area contributed by atoms with E-state index < -0.39 is 0 Å². The summed E-state index contributed by atoms with van der Waals surface area (Å²) in [6, 6.07) is 3.96. The molecule has 0 saturated heterocycles. The summed E-state index contributed by atoms with van der Waals surface area (Å²) in [7, 11) is 0. The molecule has 0 radical (unpaired) electrons. The molecule has 1 aliphatic rings. The first-order valence-electron chi connectivity index (χ1n) is 5.77. The summed E-state index contributed by atoms with van der Waals surface area (Å²) < 4.78 is 2.18. The Morgan fingerprint density at radius 1 is 1.24 bits per heavy atom. The molecule has 0 spiro atoms. The molecule has 1 aliphatic heterocycles. The fourth-order valence-corrected chi connectivity index (χ4v) is 2.23. The summed E-state index contributed by atoms with van der Waals surface area (Å²) >= 11 is 0. The fourth-order valence-electron chi connectivity index (χ4n) is 2.23. The van der Waals surface area contributed by atoms with Crippen LogP contribution in [0.15, 0.2) is 30.7 Å². The zero-order valence-electron chi connectivity index (χ0n) is 9.58. The minimum absolute atomic E-state index is 0.522. The average molecular weight is 229 g/mol. The molecule has 3 heterocycles. The van der Waals surface area contributed by atoms with Gasteiger partial charge in [-0.1, -0.05) is 6.07 Å². The number of pyridine rings is 1. The van der Waals surface area contributed by atoms with Crippen molar-refractivity contribution in [3.05, 3.63) is 42.1 Å². The molecule has 0 saturated carbocycles. The zero-order chi connectivity index (χ0) is 11.7. The maximum absolute atomic E-state index is 5.74. The van der Waals surface area contributed by atoms with Crippen LogP contribution in [0.5, 0.6) is 0 Å². The zero-order valence-corrected chi connectivity index (χ0v) is 9.58. The largest absolute Gasteiger partial charge is 0.347 e. The number of nitrogens with two attached hydrogens (primary N) is 1. The van der Waals surface area contributed by atoms with Crippen LogP contribution >= 0.6 is 0 Å². The smallest absolute Gasteiger partial charge is 0.133 e. The lowest BCUT2D eigenvalue weighted by atomic mass is 10.2. The van der Waals surface area contributed by atoms with Gasteiger partial charge in [-0.05, 0) is 6.07 Å². The first-order valence-corrected chi connectivity index (χ1v) is 5.77. The molecule has 88 valence electrons. The Labute approximate surface area is 99.9 Å². The molecule has 3 rings (SSSR count). The number of nitrogens with zero attached hydrogens (tertiary/aromatic N) is 4. The van der Waals surface area contributed by atoms with E-state index in [4.69, 9.17) is 5.73 Å². The van der Waals surface area contributed by atoms with Crippen molar-refractivity contribution in [1.82, 2.24) is 14.5 Å². The van der Waals surface area contributed by atoms with Crippen molar-refractivity contribution in [2.45, 2.75) is 19.6 Å². The maximum atomic E-state index is 5.74. The number of fused-ring (bicyclic) bond motifs is 1. The quantitative estimate of drug-likeness (QED) is 0.825. The summed E-state index contributed by atoms with van der Waals surface area (Å²) in [5, 5.41) is 0. The van der Waals surface area contributed by atoms with Crippen molar-refractivity contribution >= 4 is 5.82 Å². The minimum Gasteiger partial charge on any atom is -0.347 e. The Morgan fingerprint density at radius 2 is 2.18 bits per heavy atom. The van der Waals surface area contributed by atoms with E-state index in [9.17, 15) is 0 Å². The standard InChI is InChI=1S/C12H15N5/c13-8-10-2-1-3-15-12(10)17-7-6-16-5-4-14-11(16)9-17/h1-5H,6-9,13H2. The second-order valence-corrected chi connectivity index (χ2v) is 4.15. The Hall–Kier alpha value is -1.88. The van der Waals surface area contributed by atoms with Crippen LogP contribution in [-0.4, -0.2) is 21.1 Å². The molecule has 5 heteroatoms. The summed E-state index contributed by atoms with van der Waals surface area (Å²) in [4.78, 5) is 11.0. The van der Waals surface area contributed by atoms with Gasteiger partial charge in [0.1, 0.15) is 11.6 Å². The molecule has 0 aliphatic carbocycles. The fraction of sp³-hybridized carbons (Fsp3) is 0.333. The van der Waals surface area contributed by atoms with E-state index in [-0.39, 0.29) is 0 Å². The van der Waals surface area contributed by atoms with Gasteiger partial charge in [0.2, 0.25) is 0 Å². The molecule has 0 atom stereocenters. The lowest BCUT2D eigenvalue weighted by molar-refractivity contribution is 0.554. The Balaban J connectivity index is 1.91. The van der Waals surface area contributed by atoms with Crippen LogP contribution in [0.4, 0.5) is 5.82 Å². The second-order valence-electron chi connectivity index (χ2n) is 4.15. The number of hydrogen-bond acceptors (Lipinski definition) is 4. The summed E-state index contributed by atoms with van der Waals surface area (Å²) in [5.74, 6) is 2.08. The highest BCUT2D eigenvalue weighted by atomic mass is 15.3. The van der Waals surface area contributed by atoms with Crippen molar-refractivity contribution in [2.24, 2.45) is 5.73 Å². The van der Waals surface area contributed by atoms with Gasteiger partial charge in [0, 0.05) is 43.8 Å². The summed E-state index contributed by atoms with van der Waals surface area (Å²) in [6.45, 7) is 3.23. The highest BCUT2D eigenvalue weighted by Gasteiger charge is 2.19. The van der Waals surface area contributed by atoms with Gasteiger partial charge in [0.15, 0.2) is 0 Å². The van der Waals surface area contributed by atoms with Crippen molar-refractivity contribution in [2.75, 3.05) is 11.4 Å². The van der Waals surface area contributed by atoms with Crippen LogP contribution in [0.25, 0.3) is 0 Å². The van der Waals surface area contributed by atoms with Crippen LogP contribution in [0.1, 0.15) is 11.4 Å². The molecule has 2 N–H and O–H groups in total.